The average Bonchev–Trinajstić information content (AvgIpc) is 2.13. The standard InChI is InChI=1S/C7H17N3O4S.ClH/c8-3-1-2-6(10)7(11)14-15(12,13)5-4-9;/h6H,1-5,8-10H2;1H/t6-;/m1./s1. The Morgan fingerprint density at radius 2 is 1.81 bits per heavy atom. The third-order valence-electron chi connectivity index (χ3n) is 1.60. The Bertz CT molecular complexity index is 296. The smallest absolute Gasteiger partial charge is 0.338 e. The maximum absolute atomic E-state index is 11.1. The Labute approximate surface area is 101 Å². The van der Waals surface area contributed by atoms with Gasteiger partial charge in [0.2, 0.25) is 0 Å². The molecular weight excluding hydrogens is 258 g/mol. The molecule has 1 atom stereocenters. The van der Waals surface area contributed by atoms with Crippen molar-refractivity contribution in [3.8, 4) is 0 Å². The van der Waals surface area contributed by atoms with Crippen molar-refractivity contribution in [1.29, 1.82) is 0 Å². The number of carbonyl (C=O) groups excluding carboxylic acids is 1. The SMILES string of the molecule is Cl.NCCC[C@@H](N)C(=O)OS(=O)(=O)CCN. The normalized spacial score (nSPS) is 12.7. The Hall–Kier alpha value is -0.410. The van der Waals surface area contributed by atoms with Gasteiger partial charge in [-0.3, -0.25) is 0 Å². The molecule has 0 aromatic heterocycles. The average molecular weight is 276 g/mol. The van der Waals surface area contributed by atoms with Gasteiger partial charge in [-0.2, -0.15) is 8.42 Å². The molecular formula is C7H18ClN3O4S. The quantitative estimate of drug-likeness (QED) is 0.471. The number of hydrogen-bond donors (Lipinski definition) is 3. The first-order chi connectivity index (χ1) is 6.93. The summed E-state index contributed by atoms with van der Waals surface area (Å²) in [6.07, 6.45) is 0.834. The first kappa shape index (κ1) is 18.0. The number of hydrogen-bond acceptors (Lipinski definition) is 7. The van der Waals surface area contributed by atoms with Gasteiger partial charge in [-0.25, -0.2) is 4.79 Å². The van der Waals surface area contributed by atoms with Crippen LogP contribution in [0.3, 0.4) is 0 Å². The lowest BCUT2D eigenvalue weighted by molar-refractivity contribution is -0.135. The molecule has 0 radical (unpaired) electrons. The van der Waals surface area contributed by atoms with Crippen LogP contribution in [0.2, 0.25) is 0 Å². The molecule has 7 nitrogen and oxygen atoms in total. The number of halogens is 1. The zero-order valence-corrected chi connectivity index (χ0v) is 10.4. The molecule has 0 aromatic rings. The van der Waals surface area contributed by atoms with E-state index in [0.717, 1.165) is 0 Å². The molecule has 0 spiro atoms. The van der Waals surface area contributed by atoms with Crippen LogP contribution in [0.15, 0.2) is 0 Å². The van der Waals surface area contributed by atoms with Gasteiger partial charge in [0.15, 0.2) is 0 Å². The lowest BCUT2D eigenvalue weighted by Gasteiger charge is -2.10. The van der Waals surface area contributed by atoms with Crippen molar-refractivity contribution in [1.82, 2.24) is 0 Å². The molecule has 0 amide bonds. The molecule has 0 rings (SSSR count). The fraction of sp³-hybridized carbons (Fsp3) is 0.857. The van der Waals surface area contributed by atoms with Crippen LogP contribution in [0.25, 0.3) is 0 Å². The van der Waals surface area contributed by atoms with Crippen molar-refractivity contribution in [2.75, 3.05) is 18.8 Å². The topological polar surface area (TPSA) is 138 Å². The Morgan fingerprint density at radius 3 is 2.25 bits per heavy atom. The Balaban J connectivity index is 0. The third-order valence-corrected chi connectivity index (χ3v) is 2.75. The van der Waals surface area contributed by atoms with Crippen molar-refractivity contribution in [3.05, 3.63) is 0 Å². The van der Waals surface area contributed by atoms with Gasteiger partial charge in [0.1, 0.15) is 6.04 Å². The van der Waals surface area contributed by atoms with Crippen LogP contribution in [-0.4, -0.2) is 39.3 Å². The highest BCUT2D eigenvalue weighted by Gasteiger charge is 2.21. The van der Waals surface area contributed by atoms with Gasteiger partial charge < -0.3 is 21.4 Å². The second-order valence-electron chi connectivity index (χ2n) is 2.99. The van der Waals surface area contributed by atoms with Crippen LogP contribution in [0.4, 0.5) is 0 Å². The van der Waals surface area contributed by atoms with Crippen molar-refractivity contribution < 1.29 is 17.4 Å². The monoisotopic (exact) mass is 275 g/mol. The molecule has 0 saturated carbocycles. The predicted molar refractivity (Wildman–Crippen MR) is 62.4 cm³/mol. The minimum Gasteiger partial charge on any atom is -0.344 e. The molecule has 6 N–H and O–H groups in total. The van der Waals surface area contributed by atoms with Crippen LogP contribution in [0.1, 0.15) is 12.8 Å². The molecule has 16 heavy (non-hydrogen) atoms. The lowest BCUT2D eigenvalue weighted by atomic mass is 10.2. The zero-order chi connectivity index (χ0) is 11.9. The summed E-state index contributed by atoms with van der Waals surface area (Å²) in [6, 6.07) is -0.957. The van der Waals surface area contributed by atoms with Gasteiger partial charge in [0.25, 0.3) is 0 Å². The molecule has 0 saturated heterocycles. The Morgan fingerprint density at radius 1 is 1.25 bits per heavy atom. The van der Waals surface area contributed by atoms with Crippen molar-refractivity contribution in [2.24, 2.45) is 17.2 Å². The van der Waals surface area contributed by atoms with Gasteiger partial charge in [-0.05, 0) is 19.4 Å². The fourth-order valence-electron chi connectivity index (χ4n) is 0.829. The summed E-state index contributed by atoms with van der Waals surface area (Å²) in [6.45, 7) is 0.282. The second kappa shape index (κ2) is 8.71. The summed E-state index contributed by atoms with van der Waals surface area (Å²) in [5, 5.41) is 0. The molecule has 9 heteroatoms. The van der Waals surface area contributed by atoms with Crippen molar-refractivity contribution in [3.63, 3.8) is 0 Å². The van der Waals surface area contributed by atoms with Crippen LogP contribution in [0, 0.1) is 0 Å². The van der Waals surface area contributed by atoms with Crippen LogP contribution in [0.5, 0.6) is 0 Å². The molecule has 0 unspecified atom stereocenters. The lowest BCUT2D eigenvalue weighted by Crippen LogP contribution is -2.35. The summed E-state index contributed by atoms with van der Waals surface area (Å²) in [5.74, 6) is -1.36. The first-order valence-electron chi connectivity index (χ1n) is 4.54. The van der Waals surface area contributed by atoms with E-state index < -0.39 is 27.9 Å². The van der Waals surface area contributed by atoms with Crippen LogP contribution in [-0.2, 0) is 19.1 Å². The van der Waals surface area contributed by atoms with Gasteiger partial charge in [-0.1, -0.05) is 0 Å². The molecule has 0 aromatic carbocycles. The van der Waals surface area contributed by atoms with E-state index in [4.69, 9.17) is 17.2 Å². The first-order valence-corrected chi connectivity index (χ1v) is 6.12. The fourth-order valence-corrected chi connectivity index (χ4v) is 1.57. The summed E-state index contributed by atoms with van der Waals surface area (Å²) in [4.78, 5) is 11.1. The van der Waals surface area contributed by atoms with Crippen LogP contribution < -0.4 is 17.2 Å². The van der Waals surface area contributed by atoms with Gasteiger partial charge in [0, 0.05) is 6.54 Å². The number of nitrogens with two attached hydrogens (primary N) is 3. The second-order valence-corrected chi connectivity index (χ2v) is 4.68. The highest BCUT2D eigenvalue weighted by atomic mass is 35.5. The molecule has 0 heterocycles. The zero-order valence-electron chi connectivity index (χ0n) is 8.79. The van der Waals surface area contributed by atoms with E-state index in [1.807, 2.05) is 0 Å². The van der Waals surface area contributed by atoms with E-state index in [1.165, 1.54) is 0 Å². The number of carbonyl (C=O) groups is 1. The van der Waals surface area contributed by atoms with Crippen molar-refractivity contribution >= 4 is 28.5 Å². The minimum atomic E-state index is -3.89. The summed E-state index contributed by atoms with van der Waals surface area (Å²) < 4.78 is 26.3. The van der Waals surface area contributed by atoms with E-state index >= 15 is 0 Å². The van der Waals surface area contributed by atoms with Crippen molar-refractivity contribution in [2.45, 2.75) is 18.9 Å². The molecule has 0 aliphatic carbocycles. The maximum Gasteiger partial charge on any atom is 0.338 e. The van der Waals surface area contributed by atoms with Gasteiger partial charge >= 0.3 is 16.1 Å². The van der Waals surface area contributed by atoms with E-state index in [-0.39, 0.29) is 19.0 Å². The number of rotatable bonds is 7. The molecule has 98 valence electrons. The van der Waals surface area contributed by atoms with E-state index in [2.05, 4.69) is 4.18 Å². The van der Waals surface area contributed by atoms with E-state index in [0.29, 0.717) is 19.4 Å². The molecule has 0 fully saturated rings. The van der Waals surface area contributed by atoms with Gasteiger partial charge in [0.05, 0.1) is 5.75 Å². The third kappa shape index (κ3) is 7.83. The molecule has 0 bridgehead atoms. The molecule has 0 aliphatic heterocycles. The predicted octanol–water partition coefficient (Wildman–Crippen LogP) is -1.69. The maximum atomic E-state index is 11.1. The van der Waals surface area contributed by atoms with Crippen LogP contribution >= 0.6 is 12.4 Å². The minimum absolute atomic E-state index is 0. The summed E-state index contributed by atoms with van der Waals surface area (Å²) >= 11 is 0. The summed E-state index contributed by atoms with van der Waals surface area (Å²) in [5.41, 5.74) is 15.6. The summed E-state index contributed by atoms with van der Waals surface area (Å²) in [7, 11) is -3.89. The molecule has 0 aliphatic rings. The van der Waals surface area contributed by atoms with Gasteiger partial charge in [-0.15, -0.1) is 12.4 Å². The van der Waals surface area contributed by atoms with E-state index in [1.54, 1.807) is 0 Å². The largest absolute Gasteiger partial charge is 0.344 e. The van der Waals surface area contributed by atoms with E-state index in [9.17, 15) is 13.2 Å². The Kier molecular flexibility index (Phi) is 9.78. The highest BCUT2D eigenvalue weighted by Crippen LogP contribution is 2.00. The highest BCUT2D eigenvalue weighted by molar-refractivity contribution is 7.87.